The quantitative estimate of drug-likeness (QED) is 0.566. The largest absolute Gasteiger partial charge is 0.417 e. The first-order valence-electron chi connectivity index (χ1n) is 4.93. The molecule has 0 saturated heterocycles. The van der Waals surface area contributed by atoms with E-state index in [9.17, 15) is 13.2 Å². The number of hydrogen-bond donors (Lipinski definition) is 0. The highest BCUT2D eigenvalue weighted by atomic mass is 35.5. The summed E-state index contributed by atoms with van der Waals surface area (Å²) < 4.78 is 36.5. The summed E-state index contributed by atoms with van der Waals surface area (Å²) in [7, 11) is 0. The zero-order valence-electron chi connectivity index (χ0n) is 8.77. The van der Waals surface area contributed by atoms with Crippen molar-refractivity contribution in [2.45, 2.75) is 22.0 Å². The van der Waals surface area contributed by atoms with Crippen molar-refractivity contribution in [3.63, 3.8) is 0 Å². The van der Waals surface area contributed by atoms with Gasteiger partial charge in [-0.1, -0.05) is 11.6 Å². The Kier molecular flexibility index (Phi) is 3.99. The molecular weight excluding hydrogens is 330 g/mol. The molecule has 1 nitrogen and oxygen atoms in total. The fourth-order valence-electron chi connectivity index (χ4n) is 1.32. The summed E-state index contributed by atoms with van der Waals surface area (Å²) in [6, 6.07) is 0.873. The van der Waals surface area contributed by atoms with E-state index in [0.29, 0.717) is 17.2 Å². The Balaban J connectivity index is 2.02. The van der Waals surface area contributed by atoms with Crippen LogP contribution in [-0.2, 0) is 6.18 Å². The number of aromatic nitrogens is 1. The lowest BCUT2D eigenvalue weighted by molar-refractivity contribution is -0.137. The summed E-state index contributed by atoms with van der Waals surface area (Å²) in [5.41, 5.74) is -0.854. The minimum absolute atomic E-state index is 0.00906. The van der Waals surface area contributed by atoms with Crippen LogP contribution in [0.5, 0.6) is 0 Å². The van der Waals surface area contributed by atoms with E-state index < -0.39 is 16.1 Å². The highest BCUT2D eigenvalue weighted by Crippen LogP contribution is 2.55. The van der Waals surface area contributed by atoms with Crippen molar-refractivity contribution in [2.75, 3.05) is 5.75 Å². The van der Waals surface area contributed by atoms with Gasteiger partial charge in [-0.05, 0) is 12.5 Å². The van der Waals surface area contributed by atoms with Gasteiger partial charge in [0, 0.05) is 17.9 Å². The molecule has 1 aromatic heterocycles. The first-order valence-corrected chi connectivity index (χ1v) is 7.05. The number of pyridine rings is 1. The van der Waals surface area contributed by atoms with E-state index in [1.54, 1.807) is 0 Å². The van der Waals surface area contributed by atoms with Gasteiger partial charge in [0.2, 0.25) is 0 Å². The average Bonchev–Trinajstić information content (AvgIpc) is 2.83. The van der Waals surface area contributed by atoms with E-state index in [0.717, 1.165) is 12.3 Å². The number of alkyl halides is 5. The third-order valence-electron chi connectivity index (χ3n) is 2.51. The van der Waals surface area contributed by atoms with Crippen molar-refractivity contribution < 1.29 is 13.2 Å². The third-order valence-corrected chi connectivity index (χ3v) is 5.01. The summed E-state index contributed by atoms with van der Waals surface area (Å²) in [4.78, 5) is 3.72. The maximum Gasteiger partial charge on any atom is 0.417 e. The van der Waals surface area contributed by atoms with Gasteiger partial charge in [0.05, 0.1) is 10.6 Å². The third kappa shape index (κ3) is 3.38. The van der Waals surface area contributed by atoms with Gasteiger partial charge in [-0.15, -0.1) is 35.0 Å². The molecule has 0 bridgehead atoms. The van der Waals surface area contributed by atoms with Crippen LogP contribution in [0.3, 0.4) is 0 Å². The number of halogens is 6. The maximum atomic E-state index is 12.4. The smallest absolute Gasteiger partial charge is 0.248 e. The van der Waals surface area contributed by atoms with Crippen LogP contribution in [0.1, 0.15) is 12.0 Å². The van der Waals surface area contributed by atoms with E-state index in [1.165, 1.54) is 11.8 Å². The summed E-state index contributed by atoms with van der Waals surface area (Å²) in [5.74, 6) is 0.719. The first kappa shape index (κ1) is 14.6. The lowest BCUT2D eigenvalue weighted by atomic mass is 10.3. The Morgan fingerprint density at radius 3 is 2.50 bits per heavy atom. The molecule has 0 amide bonds. The molecule has 0 N–H and O–H groups in total. The summed E-state index contributed by atoms with van der Waals surface area (Å²) in [6.07, 6.45) is -2.98. The fraction of sp³-hybridized carbons (Fsp3) is 0.500. The Hall–Kier alpha value is 0.160. The molecule has 100 valence electrons. The van der Waals surface area contributed by atoms with Crippen molar-refractivity contribution in [1.29, 1.82) is 0 Å². The van der Waals surface area contributed by atoms with E-state index in [-0.39, 0.29) is 10.9 Å². The molecule has 1 aliphatic rings. The Labute approximate surface area is 121 Å². The second-order valence-corrected chi connectivity index (χ2v) is 6.94. The highest BCUT2D eigenvalue weighted by molar-refractivity contribution is 7.99. The molecule has 8 heteroatoms. The highest BCUT2D eigenvalue weighted by Gasteiger charge is 2.51. The molecule has 0 spiro atoms. The van der Waals surface area contributed by atoms with Crippen molar-refractivity contribution >= 4 is 46.6 Å². The molecule has 1 aromatic rings. The van der Waals surface area contributed by atoms with Gasteiger partial charge in [-0.3, -0.25) is 0 Å². The Morgan fingerprint density at radius 1 is 1.44 bits per heavy atom. The van der Waals surface area contributed by atoms with Crippen molar-refractivity contribution in [3.8, 4) is 0 Å². The molecular formula is C10H7Cl3F3NS. The second kappa shape index (κ2) is 4.93. The standard InChI is InChI=1S/C10H7Cl3F3NS/c11-7-1-5(10(14,15)16)3-17-8(7)18-4-6-2-9(6,12)13/h1,3,6H,2,4H2. The van der Waals surface area contributed by atoms with Gasteiger partial charge in [0.1, 0.15) is 9.36 Å². The second-order valence-electron chi connectivity index (χ2n) is 3.98. The SMILES string of the molecule is FC(F)(F)c1cnc(SCC2CC2(Cl)Cl)c(Cl)c1. The lowest BCUT2D eigenvalue weighted by Crippen LogP contribution is -2.05. The van der Waals surface area contributed by atoms with Gasteiger partial charge in [-0.25, -0.2) is 4.98 Å². The van der Waals surface area contributed by atoms with Crippen LogP contribution in [0.2, 0.25) is 5.02 Å². The van der Waals surface area contributed by atoms with Crippen LogP contribution in [0.15, 0.2) is 17.3 Å². The summed E-state index contributed by atoms with van der Waals surface area (Å²) in [5, 5.41) is 0.353. The molecule has 0 radical (unpaired) electrons. The average molecular weight is 337 g/mol. The van der Waals surface area contributed by atoms with Crippen molar-refractivity contribution in [1.82, 2.24) is 4.98 Å². The van der Waals surface area contributed by atoms with Crippen LogP contribution in [0.25, 0.3) is 0 Å². The molecule has 1 atom stereocenters. The fourth-order valence-corrected chi connectivity index (χ4v) is 3.44. The Morgan fingerprint density at radius 2 is 2.06 bits per heavy atom. The molecule has 0 aliphatic heterocycles. The van der Waals surface area contributed by atoms with Crippen LogP contribution in [-0.4, -0.2) is 15.1 Å². The minimum atomic E-state index is -4.43. The molecule has 2 rings (SSSR count). The maximum absolute atomic E-state index is 12.4. The van der Waals surface area contributed by atoms with Gasteiger partial charge < -0.3 is 0 Å². The minimum Gasteiger partial charge on any atom is -0.248 e. The molecule has 18 heavy (non-hydrogen) atoms. The lowest BCUT2D eigenvalue weighted by Gasteiger charge is -2.08. The molecule has 1 fully saturated rings. The molecule has 0 aromatic carbocycles. The summed E-state index contributed by atoms with van der Waals surface area (Å²) >= 11 is 18.7. The summed E-state index contributed by atoms with van der Waals surface area (Å²) in [6.45, 7) is 0. The first-order chi connectivity index (χ1) is 8.20. The zero-order valence-corrected chi connectivity index (χ0v) is 11.9. The van der Waals surface area contributed by atoms with Gasteiger partial charge in [0.15, 0.2) is 0 Å². The topological polar surface area (TPSA) is 12.9 Å². The normalized spacial score (nSPS) is 22.0. The zero-order chi connectivity index (χ0) is 13.6. The van der Waals surface area contributed by atoms with Crippen molar-refractivity contribution in [3.05, 3.63) is 22.8 Å². The molecule has 1 unspecified atom stereocenters. The predicted molar refractivity (Wildman–Crippen MR) is 67.5 cm³/mol. The number of nitrogens with zero attached hydrogens (tertiary/aromatic N) is 1. The molecule has 1 heterocycles. The van der Waals surface area contributed by atoms with Crippen LogP contribution in [0.4, 0.5) is 13.2 Å². The van der Waals surface area contributed by atoms with Crippen LogP contribution in [0, 0.1) is 5.92 Å². The number of hydrogen-bond acceptors (Lipinski definition) is 2. The van der Waals surface area contributed by atoms with Crippen LogP contribution < -0.4 is 0 Å². The number of thioether (sulfide) groups is 1. The van der Waals surface area contributed by atoms with E-state index in [2.05, 4.69) is 4.98 Å². The molecule has 1 aliphatic carbocycles. The van der Waals surface area contributed by atoms with Gasteiger partial charge in [-0.2, -0.15) is 13.2 Å². The predicted octanol–water partition coefficient (Wildman–Crippen LogP) is 5.04. The van der Waals surface area contributed by atoms with Crippen LogP contribution >= 0.6 is 46.6 Å². The monoisotopic (exact) mass is 335 g/mol. The van der Waals surface area contributed by atoms with Gasteiger partial charge in [0.25, 0.3) is 0 Å². The molecule has 1 saturated carbocycles. The Bertz CT molecular complexity index is 464. The van der Waals surface area contributed by atoms with E-state index >= 15 is 0 Å². The van der Waals surface area contributed by atoms with E-state index in [4.69, 9.17) is 34.8 Å². The van der Waals surface area contributed by atoms with Gasteiger partial charge >= 0.3 is 6.18 Å². The van der Waals surface area contributed by atoms with E-state index in [1.807, 2.05) is 0 Å². The number of rotatable bonds is 3. The van der Waals surface area contributed by atoms with Crippen molar-refractivity contribution in [2.24, 2.45) is 5.92 Å².